The van der Waals surface area contributed by atoms with E-state index >= 15 is 0 Å². The molecule has 2 atom stereocenters. The molecular weight excluding hydrogens is 264 g/mol. The molecule has 0 amide bonds. The Kier molecular flexibility index (Phi) is 4.44. The fraction of sp³-hybridized carbons (Fsp3) is 0.538. The van der Waals surface area contributed by atoms with Gasteiger partial charge in [-0.15, -0.1) is 0 Å². The number of aliphatic hydroxyl groups is 1. The molecule has 1 aliphatic carbocycles. The highest BCUT2D eigenvalue weighted by Crippen LogP contribution is 2.30. The van der Waals surface area contributed by atoms with Gasteiger partial charge in [0.25, 0.3) is 0 Å². The molecule has 0 aliphatic heterocycles. The van der Waals surface area contributed by atoms with Crippen LogP contribution in [0, 0.1) is 5.92 Å². The van der Waals surface area contributed by atoms with Gasteiger partial charge < -0.3 is 10.4 Å². The third-order valence-electron chi connectivity index (χ3n) is 3.68. The second-order valence-corrected chi connectivity index (χ2v) is 6.68. The van der Waals surface area contributed by atoms with Gasteiger partial charge in [-0.2, -0.15) is 0 Å². The second-order valence-electron chi connectivity index (χ2n) is 4.83. The average Bonchev–Trinajstić information content (AvgIpc) is 2.86. The molecule has 5 nitrogen and oxygen atoms in total. The number of nitrogens with one attached hydrogen (secondary N) is 2. The van der Waals surface area contributed by atoms with Crippen molar-refractivity contribution in [3.8, 4) is 0 Å². The van der Waals surface area contributed by atoms with E-state index in [2.05, 4.69) is 10.0 Å². The predicted octanol–water partition coefficient (Wildman–Crippen LogP) is 1.17. The van der Waals surface area contributed by atoms with Crippen molar-refractivity contribution in [2.45, 2.75) is 30.2 Å². The molecule has 1 saturated carbocycles. The van der Waals surface area contributed by atoms with Crippen molar-refractivity contribution >= 4 is 15.7 Å². The highest BCUT2D eigenvalue weighted by Gasteiger charge is 2.28. The Balaban J connectivity index is 2.26. The van der Waals surface area contributed by atoms with Crippen LogP contribution in [-0.2, 0) is 10.0 Å². The van der Waals surface area contributed by atoms with E-state index in [9.17, 15) is 13.5 Å². The lowest BCUT2D eigenvalue weighted by molar-refractivity contribution is 0.222. The standard InChI is InChI=1S/C13H20N2O3S/c1-14-19(17,18)13-8-3-2-6-12(13)15-11-7-4-5-10(11)9-16/h2-3,6,8,10-11,14-16H,4-5,7,9H2,1H3. The summed E-state index contributed by atoms with van der Waals surface area (Å²) >= 11 is 0. The summed E-state index contributed by atoms with van der Waals surface area (Å²) in [7, 11) is -2.07. The molecule has 0 bridgehead atoms. The number of sulfonamides is 1. The maximum atomic E-state index is 11.9. The van der Waals surface area contributed by atoms with Crippen LogP contribution in [0.2, 0.25) is 0 Å². The number of hydrogen-bond acceptors (Lipinski definition) is 4. The summed E-state index contributed by atoms with van der Waals surface area (Å²) in [6, 6.07) is 6.99. The van der Waals surface area contributed by atoms with E-state index in [1.807, 2.05) is 0 Å². The minimum atomic E-state index is -3.47. The van der Waals surface area contributed by atoms with Crippen LogP contribution in [0.5, 0.6) is 0 Å². The first-order valence-electron chi connectivity index (χ1n) is 6.48. The first kappa shape index (κ1) is 14.3. The van der Waals surface area contributed by atoms with Crippen LogP contribution in [-0.4, -0.2) is 33.2 Å². The van der Waals surface area contributed by atoms with Gasteiger partial charge in [0.2, 0.25) is 10.0 Å². The van der Waals surface area contributed by atoms with E-state index in [1.165, 1.54) is 7.05 Å². The Bertz CT molecular complexity index is 530. The van der Waals surface area contributed by atoms with Crippen molar-refractivity contribution in [3.63, 3.8) is 0 Å². The normalized spacial score (nSPS) is 23.5. The molecular formula is C13H20N2O3S. The van der Waals surface area contributed by atoms with Crippen molar-refractivity contribution in [1.82, 2.24) is 4.72 Å². The molecule has 1 aromatic carbocycles. The molecule has 1 aliphatic rings. The molecule has 19 heavy (non-hydrogen) atoms. The number of hydrogen-bond donors (Lipinski definition) is 3. The summed E-state index contributed by atoms with van der Waals surface area (Å²) in [5.74, 6) is 0.199. The fourth-order valence-corrected chi connectivity index (χ4v) is 3.47. The van der Waals surface area contributed by atoms with Crippen LogP contribution < -0.4 is 10.0 Å². The van der Waals surface area contributed by atoms with Crippen molar-refractivity contribution in [3.05, 3.63) is 24.3 Å². The van der Waals surface area contributed by atoms with Gasteiger partial charge in [0, 0.05) is 18.6 Å². The summed E-state index contributed by atoms with van der Waals surface area (Å²) in [6.07, 6.45) is 3.00. The summed E-state index contributed by atoms with van der Waals surface area (Å²) in [4.78, 5) is 0.251. The first-order valence-corrected chi connectivity index (χ1v) is 7.97. The van der Waals surface area contributed by atoms with Gasteiger partial charge in [0.15, 0.2) is 0 Å². The van der Waals surface area contributed by atoms with E-state index < -0.39 is 10.0 Å². The molecule has 0 saturated heterocycles. The van der Waals surface area contributed by atoms with Crippen LogP contribution in [0.3, 0.4) is 0 Å². The SMILES string of the molecule is CNS(=O)(=O)c1ccccc1NC1CCCC1CO. The van der Waals surface area contributed by atoms with Gasteiger partial charge in [0.05, 0.1) is 5.69 Å². The van der Waals surface area contributed by atoms with Gasteiger partial charge in [-0.25, -0.2) is 13.1 Å². The monoisotopic (exact) mass is 284 g/mol. The highest BCUT2D eigenvalue weighted by atomic mass is 32.2. The lowest BCUT2D eigenvalue weighted by Crippen LogP contribution is -2.28. The maximum absolute atomic E-state index is 11.9. The molecule has 2 rings (SSSR count). The Hall–Kier alpha value is -1.11. The van der Waals surface area contributed by atoms with Gasteiger partial charge in [-0.05, 0) is 32.0 Å². The molecule has 0 aromatic heterocycles. The number of benzene rings is 1. The summed E-state index contributed by atoms with van der Waals surface area (Å²) in [6.45, 7) is 0.138. The smallest absolute Gasteiger partial charge is 0.242 e. The molecule has 0 heterocycles. The summed E-state index contributed by atoms with van der Waals surface area (Å²) < 4.78 is 26.2. The van der Waals surface area contributed by atoms with Gasteiger partial charge >= 0.3 is 0 Å². The van der Waals surface area contributed by atoms with Gasteiger partial charge in [-0.3, -0.25) is 0 Å². The van der Waals surface area contributed by atoms with Crippen molar-refractivity contribution in [2.75, 3.05) is 19.0 Å². The maximum Gasteiger partial charge on any atom is 0.242 e. The largest absolute Gasteiger partial charge is 0.396 e. The first-order chi connectivity index (χ1) is 9.08. The van der Waals surface area contributed by atoms with Crippen LogP contribution in [0.1, 0.15) is 19.3 Å². The van der Waals surface area contributed by atoms with Crippen LogP contribution >= 0.6 is 0 Å². The van der Waals surface area contributed by atoms with E-state index in [4.69, 9.17) is 0 Å². The van der Waals surface area contributed by atoms with E-state index in [-0.39, 0.29) is 23.5 Å². The zero-order chi connectivity index (χ0) is 13.9. The number of para-hydroxylation sites is 1. The Morgan fingerprint density at radius 3 is 2.74 bits per heavy atom. The molecule has 0 radical (unpaired) electrons. The van der Waals surface area contributed by atoms with Crippen LogP contribution in [0.4, 0.5) is 5.69 Å². The topological polar surface area (TPSA) is 78.4 Å². The van der Waals surface area contributed by atoms with Gasteiger partial charge in [-0.1, -0.05) is 18.6 Å². The fourth-order valence-electron chi connectivity index (χ4n) is 2.58. The molecule has 2 unspecified atom stereocenters. The molecule has 6 heteroatoms. The minimum Gasteiger partial charge on any atom is -0.396 e. The highest BCUT2D eigenvalue weighted by molar-refractivity contribution is 7.89. The van der Waals surface area contributed by atoms with E-state index in [0.29, 0.717) is 5.69 Å². The Morgan fingerprint density at radius 1 is 1.32 bits per heavy atom. The molecule has 0 spiro atoms. The predicted molar refractivity (Wildman–Crippen MR) is 74.5 cm³/mol. The second kappa shape index (κ2) is 5.90. The molecule has 1 fully saturated rings. The average molecular weight is 284 g/mol. The summed E-state index contributed by atoms with van der Waals surface area (Å²) in [5.41, 5.74) is 0.599. The van der Waals surface area contributed by atoms with E-state index in [1.54, 1.807) is 24.3 Å². The number of anilines is 1. The third-order valence-corrected chi connectivity index (χ3v) is 5.15. The zero-order valence-electron chi connectivity index (χ0n) is 11.0. The lowest BCUT2D eigenvalue weighted by atomic mass is 10.0. The molecule has 106 valence electrons. The zero-order valence-corrected chi connectivity index (χ0v) is 11.8. The Labute approximate surface area is 114 Å². The van der Waals surface area contributed by atoms with Crippen molar-refractivity contribution in [1.29, 1.82) is 0 Å². The third kappa shape index (κ3) is 3.08. The van der Waals surface area contributed by atoms with Crippen molar-refractivity contribution < 1.29 is 13.5 Å². The number of rotatable bonds is 5. The van der Waals surface area contributed by atoms with E-state index in [0.717, 1.165) is 19.3 Å². The quantitative estimate of drug-likeness (QED) is 0.758. The van der Waals surface area contributed by atoms with Crippen molar-refractivity contribution in [2.24, 2.45) is 5.92 Å². The van der Waals surface area contributed by atoms with Crippen LogP contribution in [0.15, 0.2) is 29.2 Å². The van der Waals surface area contributed by atoms with Crippen LogP contribution in [0.25, 0.3) is 0 Å². The lowest BCUT2D eigenvalue weighted by Gasteiger charge is -2.22. The Morgan fingerprint density at radius 2 is 2.05 bits per heavy atom. The summed E-state index contributed by atoms with van der Waals surface area (Å²) in [5, 5.41) is 12.6. The van der Waals surface area contributed by atoms with Gasteiger partial charge in [0.1, 0.15) is 4.90 Å². The minimum absolute atomic E-state index is 0.137. The molecule has 1 aromatic rings. The molecule has 3 N–H and O–H groups in total. The number of aliphatic hydroxyl groups excluding tert-OH is 1.